The van der Waals surface area contributed by atoms with Crippen molar-refractivity contribution in [1.82, 2.24) is 0 Å². The van der Waals surface area contributed by atoms with Crippen LogP contribution in [0.5, 0.6) is 0 Å². The Labute approximate surface area is 182 Å². The second kappa shape index (κ2) is 9.61. The first-order valence-corrected chi connectivity index (χ1v) is 11.0. The van der Waals surface area contributed by atoms with Gasteiger partial charge in [-0.2, -0.15) is 26.3 Å². The van der Waals surface area contributed by atoms with E-state index < -0.39 is 54.1 Å². The van der Waals surface area contributed by atoms with E-state index >= 15 is 0 Å². The minimum absolute atomic E-state index is 0.253. The molecule has 174 valence electrons. The molecule has 0 saturated carbocycles. The zero-order chi connectivity index (χ0) is 24.3. The van der Waals surface area contributed by atoms with Crippen LogP contribution >= 0.6 is 7.92 Å². The van der Waals surface area contributed by atoms with Gasteiger partial charge in [-0.1, -0.05) is 36.4 Å². The summed E-state index contributed by atoms with van der Waals surface area (Å²) in [5.74, 6) is -0.700. The summed E-state index contributed by atoms with van der Waals surface area (Å²) in [6.07, 6.45) is -10.9. The zero-order valence-electron chi connectivity index (χ0n) is 17.5. The Hall–Kier alpha value is -2.41. The summed E-state index contributed by atoms with van der Waals surface area (Å²) in [7, 11) is -2.23. The molecule has 0 heterocycles. The van der Waals surface area contributed by atoms with Crippen LogP contribution in [0.4, 0.5) is 26.3 Å². The number of benzene rings is 2. The Balaban J connectivity index is 2.56. The van der Waals surface area contributed by atoms with Gasteiger partial charge in [-0.05, 0) is 44.4 Å². The smallest absolute Gasteiger partial charge is 0.417 e. The van der Waals surface area contributed by atoms with Crippen molar-refractivity contribution in [3.8, 4) is 0 Å². The van der Waals surface area contributed by atoms with E-state index in [2.05, 4.69) is 0 Å². The molecule has 0 aliphatic rings. The lowest BCUT2D eigenvalue weighted by Gasteiger charge is -2.23. The van der Waals surface area contributed by atoms with Crippen LogP contribution in [0.15, 0.2) is 48.5 Å². The Morgan fingerprint density at radius 3 is 1.75 bits per heavy atom. The van der Waals surface area contributed by atoms with Crippen LogP contribution in [0, 0.1) is 0 Å². The number of carbonyl (C=O) groups excluding carboxylic acids is 2. The van der Waals surface area contributed by atoms with Crippen LogP contribution in [-0.2, 0) is 21.9 Å². The Bertz CT molecular complexity index is 930. The number of hydrogen-bond acceptors (Lipinski definition) is 3. The lowest BCUT2D eigenvalue weighted by Crippen LogP contribution is -2.25. The summed E-state index contributed by atoms with van der Waals surface area (Å²) in [6.45, 7) is 4.85. The van der Waals surface area contributed by atoms with Gasteiger partial charge in [0.2, 0.25) is 0 Å². The van der Waals surface area contributed by atoms with Crippen LogP contribution < -0.4 is 5.30 Å². The maximum atomic E-state index is 13.6. The molecule has 0 bridgehead atoms. The normalized spacial score (nSPS) is 13.5. The SMILES string of the molecule is CC(C)(C)OC(=O)CCP(C(=O)c1c(C(F)(F)F)cccc1C(F)(F)F)c1ccccc1. The first kappa shape index (κ1) is 25.8. The molecule has 0 amide bonds. The third kappa shape index (κ3) is 6.79. The Kier molecular flexibility index (Phi) is 7.76. The highest BCUT2D eigenvalue weighted by Gasteiger charge is 2.44. The van der Waals surface area contributed by atoms with E-state index in [4.69, 9.17) is 4.74 Å². The molecule has 1 atom stereocenters. The molecule has 0 N–H and O–H groups in total. The lowest BCUT2D eigenvalue weighted by molar-refractivity contribution is -0.154. The van der Waals surface area contributed by atoms with Gasteiger partial charge >= 0.3 is 18.3 Å². The van der Waals surface area contributed by atoms with E-state index in [0.29, 0.717) is 18.2 Å². The van der Waals surface area contributed by atoms with Crippen LogP contribution in [0.2, 0.25) is 0 Å². The molecule has 0 spiro atoms. The van der Waals surface area contributed by atoms with Crippen molar-refractivity contribution in [3.63, 3.8) is 0 Å². The summed E-state index contributed by atoms with van der Waals surface area (Å²) in [6, 6.07) is 9.06. The second-order valence-corrected chi connectivity index (χ2v) is 10.1. The van der Waals surface area contributed by atoms with E-state index in [9.17, 15) is 35.9 Å². The van der Waals surface area contributed by atoms with Crippen LogP contribution in [0.3, 0.4) is 0 Å². The molecule has 3 nitrogen and oxygen atoms in total. The summed E-state index contributed by atoms with van der Waals surface area (Å²) >= 11 is 0. The predicted molar refractivity (Wildman–Crippen MR) is 109 cm³/mol. The highest BCUT2D eigenvalue weighted by Crippen LogP contribution is 2.47. The van der Waals surface area contributed by atoms with Crippen molar-refractivity contribution in [2.24, 2.45) is 0 Å². The van der Waals surface area contributed by atoms with Crippen molar-refractivity contribution in [2.75, 3.05) is 6.16 Å². The van der Waals surface area contributed by atoms with E-state index in [1.165, 1.54) is 24.3 Å². The fraction of sp³-hybridized carbons (Fsp3) is 0.364. The molecule has 0 aliphatic carbocycles. The van der Waals surface area contributed by atoms with Gasteiger partial charge in [-0.15, -0.1) is 0 Å². The predicted octanol–water partition coefficient (Wildman–Crippen LogP) is 6.40. The zero-order valence-corrected chi connectivity index (χ0v) is 18.4. The average Bonchev–Trinajstić information content (AvgIpc) is 2.65. The van der Waals surface area contributed by atoms with Crippen molar-refractivity contribution in [3.05, 3.63) is 65.2 Å². The van der Waals surface area contributed by atoms with Crippen molar-refractivity contribution in [1.29, 1.82) is 0 Å². The van der Waals surface area contributed by atoms with Gasteiger partial charge in [0.25, 0.3) is 0 Å². The number of halogens is 6. The molecule has 0 aromatic heterocycles. The maximum absolute atomic E-state index is 13.6. The summed E-state index contributed by atoms with van der Waals surface area (Å²) in [5.41, 5.74) is -6.86. The molecule has 0 saturated heterocycles. The fourth-order valence-corrected chi connectivity index (χ4v) is 5.09. The number of carbonyl (C=O) groups is 2. The van der Waals surface area contributed by atoms with Crippen molar-refractivity contribution in [2.45, 2.75) is 45.1 Å². The van der Waals surface area contributed by atoms with Crippen LogP contribution in [0.1, 0.15) is 48.7 Å². The van der Waals surface area contributed by atoms with Crippen LogP contribution in [0.25, 0.3) is 0 Å². The van der Waals surface area contributed by atoms with E-state index in [0.717, 1.165) is 0 Å². The molecule has 0 aliphatic heterocycles. The largest absolute Gasteiger partial charge is 0.460 e. The number of alkyl halides is 6. The number of ether oxygens (including phenoxy) is 1. The molecule has 2 aromatic carbocycles. The number of hydrogen-bond donors (Lipinski definition) is 0. The van der Waals surface area contributed by atoms with Gasteiger partial charge in [-0.25, -0.2) is 0 Å². The minimum Gasteiger partial charge on any atom is -0.460 e. The van der Waals surface area contributed by atoms with Crippen LogP contribution in [-0.4, -0.2) is 23.3 Å². The molecule has 0 fully saturated rings. The third-order valence-corrected chi connectivity index (χ3v) is 6.47. The van der Waals surface area contributed by atoms with E-state index in [1.807, 2.05) is 0 Å². The van der Waals surface area contributed by atoms with Crippen molar-refractivity contribution >= 4 is 24.7 Å². The molecule has 10 heteroatoms. The molecular formula is C22H21F6O3P. The Morgan fingerprint density at radius 2 is 1.31 bits per heavy atom. The monoisotopic (exact) mass is 478 g/mol. The highest BCUT2D eigenvalue weighted by molar-refractivity contribution is 7.82. The number of rotatable bonds is 6. The van der Waals surface area contributed by atoms with Gasteiger partial charge in [0.15, 0.2) is 5.52 Å². The quantitative estimate of drug-likeness (QED) is 0.274. The minimum atomic E-state index is -5.17. The van der Waals surface area contributed by atoms with E-state index in [1.54, 1.807) is 26.8 Å². The summed E-state index contributed by atoms with van der Waals surface area (Å²) in [4.78, 5) is 25.4. The molecule has 1 unspecified atom stereocenters. The molecule has 2 aromatic rings. The van der Waals surface area contributed by atoms with Gasteiger partial charge in [0.05, 0.1) is 17.5 Å². The first-order chi connectivity index (χ1) is 14.6. The topological polar surface area (TPSA) is 43.4 Å². The Morgan fingerprint density at radius 1 is 0.812 bits per heavy atom. The summed E-state index contributed by atoms with van der Waals surface area (Å²) < 4.78 is 86.5. The molecular weight excluding hydrogens is 457 g/mol. The molecule has 32 heavy (non-hydrogen) atoms. The average molecular weight is 478 g/mol. The van der Waals surface area contributed by atoms with Gasteiger partial charge in [0, 0.05) is 13.5 Å². The van der Waals surface area contributed by atoms with Crippen molar-refractivity contribution < 1.29 is 40.7 Å². The second-order valence-electron chi connectivity index (χ2n) is 7.85. The number of esters is 1. The van der Waals surface area contributed by atoms with Gasteiger partial charge in [-0.3, -0.25) is 9.59 Å². The van der Waals surface area contributed by atoms with E-state index in [-0.39, 0.29) is 17.9 Å². The van der Waals surface area contributed by atoms with Gasteiger partial charge in [0.1, 0.15) is 5.60 Å². The third-order valence-electron chi connectivity index (χ3n) is 4.16. The van der Waals surface area contributed by atoms with Gasteiger partial charge < -0.3 is 4.74 Å². The highest BCUT2D eigenvalue weighted by atomic mass is 31.1. The standard InChI is InChI=1S/C22H21F6O3P/c1-20(2,3)31-17(29)12-13-32(14-8-5-4-6-9-14)19(30)18-15(21(23,24)25)10-7-11-16(18)22(26,27)28/h4-11H,12-13H2,1-3H3. The molecule has 2 rings (SSSR count). The maximum Gasteiger partial charge on any atom is 0.417 e. The molecule has 0 radical (unpaired) electrons. The fourth-order valence-electron chi connectivity index (χ4n) is 2.94. The lowest BCUT2D eigenvalue weighted by atomic mass is 10.0. The first-order valence-electron chi connectivity index (χ1n) is 9.47. The summed E-state index contributed by atoms with van der Waals surface area (Å²) in [5, 5.41) is 0.265.